The highest BCUT2D eigenvalue weighted by Crippen LogP contribution is 2.34. The van der Waals surface area contributed by atoms with Crippen molar-refractivity contribution in [3.05, 3.63) is 88.3 Å². The first-order chi connectivity index (χ1) is 13.8. The lowest BCUT2D eigenvalue weighted by atomic mass is 9.87. The molecule has 29 heavy (non-hydrogen) atoms. The molecule has 0 atom stereocenters. The van der Waals surface area contributed by atoms with Crippen LogP contribution < -0.4 is 0 Å². The average molecular weight is 402 g/mol. The van der Waals surface area contributed by atoms with Crippen molar-refractivity contribution < 1.29 is 9.59 Å². The number of imide groups is 1. The predicted octanol–water partition coefficient (Wildman–Crippen LogP) is 6.37. The summed E-state index contributed by atoms with van der Waals surface area (Å²) in [6.07, 6.45) is 1.81. The van der Waals surface area contributed by atoms with Gasteiger partial charge in [0.15, 0.2) is 0 Å². The summed E-state index contributed by atoms with van der Waals surface area (Å²) in [5.41, 5.74) is 3.21. The van der Waals surface area contributed by atoms with Gasteiger partial charge >= 0.3 is 0 Å². The summed E-state index contributed by atoms with van der Waals surface area (Å²) in [5, 5.41) is 1.95. The molecule has 4 heteroatoms. The van der Waals surface area contributed by atoms with Crippen molar-refractivity contribution in [1.82, 2.24) is 4.90 Å². The second-order valence-electron chi connectivity index (χ2n) is 8.28. The summed E-state index contributed by atoms with van der Waals surface area (Å²) < 4.78 is 0. The van der Waals surface area contributed by atoms with Crippen LogP contribution in [0.2, 0.25) is 0 Å². The monoisotopic (exact) mass is 401 g/mol. The second kappa shape index (κ2) is 7.53. The Labute approximate surface area is 175 Å². The van der Waals surface area contributed by atoms with Gasteiger partial charge in [0.25, 0.3) is 11.1 Å². The van der Waals surface area contributed by atoms with Crippen LogP contribution in [0.1, 0.15) is 37.5 Å². The molecule has 3 aromatic rings. The average Bonchev–Trinajstić information content (AvgIpc) is 2.95. The summed E-state index contributed by atoms with van der Waals surface area (Å²) in [6.45, 7) is 6.79. The van der Waals surface area contributed by atoms with E-state index in [2.05, 4.69) is 32.9 Å². The highest BCUT2D eigenvalue weighted by molar-refractivity contribution is 8.18. The molecule has 0 spiro atoms. The van der Waals surface area contributed by atoms with E-state index in [0.29, 0.717) is 4.91 Å². The molecule has 0 saturated carbocycles. The van der Waals surface area contributed by atoms with Crippen molar-refractivity contribution in [2.75, 3.05) is 0 Å². The van der Waals surface area contributed by atoms with Crippen molar-refractivity contribution >= 4 is 39.8 Å². The second-order valence-corrected chi connectivity index (χ2v) is 9.27. The highest BCUT2D eigenvalue weighted by atomic mass is 32.2. The van der Waals surface area contributed by atoms with Gasteiger partial charge in [-0.25, -0.2) is 0 Å². The smallest absolute Gasteiger partial charge is 0.268 e. The van der Waals surface area contributed by atoms with Crippen molar-refractivity contribution in [2.24, 2.45) is 0 Å². The summed E-state index contributed by atoms with van der Waals surface area (Å²) in [7, 11) is 0. The van der Waals surface area contributed by atoms with Crippen LogP contribution in [0.15, 0.2) is 71.6 Å². The Kier molecular flexibility index (Phi) is 5.05. The molecule has 4 rings (SSSR count). The van der Waals surface area contributed by atoms with E-state index in [-0.39, 0.29) is 23.1 Å². The first kappa shape index (κ1) is 19.5. The minimum Gasteiger partial charge on any atom is -0.268 e. The van der Waals surface area contributed by atoms with Crippen LogP contribution in [0.25, 0.3) is 16.8 Å². The van der Waals surface area contributed by atoms with Gasteiger partial charge in [-0.15, -0.1) is 0 Å². The normalized spacial score (nSPS) is 16.2. The topological polar surface area (TPSA) is 37.4 Å². The number of carbonyl (C=O) groups excluding carboxylic acids is 2. The van der Waals surface area contributed by atoms with Crippen LogP contribution >= 0.6 is 11.8 Å². The van der Waals surface area contributed by atoms with Gasteiger partial charge in [-0.1, -0.05) is 87.5 Å². The first-order valence-electron chi connectivity index (χ1n) is 9.65. The molecule has 0 N–H and O–H groups in total. The number of thioether (sulfide) groups is 1. The molecule has 1 aliphatic heterocycles. The van der Waals surface area contributed by atoms with Crippen molar-refractivity contribution in [3.63, 3.8) is 0 Å². The van der Waals surface area contributed by atoms with Crippen LogP contribution in [0.5, 0.6) is 0 Å². The van der Waals surface area contributed by atoms with Gasteiger partial charge in [-0.05, 0) is 50.7 Å². The van der Waals surface area contributed by atoms with Gasteiger partial charge in [0.1, 0.15) is 0 Å². The number of hydrogen-bond donors (Lipinski definition) is 0. The fourth-order valence-electron chi connectivity index (χ4n) is 3.47. The van der Waals surface area contributed by atoms with Crippen LogP contribution in [-0.4, -0.2) is 16.0 Å². The molecule has 3 nitrogen and oxygen atoms in total. The minimum absolute atomic E-state index is 0.0782. The van der Waals surface area contributed by atoms with E-state index in [1.165, 1.54) is 10.5 Å². The Morgan fingerprint density at radius 1 is 0.897 bits per heavy atom. The molecule has 0 aliphatic carbocycles. The highest BCUT2D eigenvalue weighted by Gasteiger charge is 2.35. The van der Waals surface area contributed by atoms with E-state index < -0.39 is 0 Å². The lowest BCUT2D eigenvalue weighted by Crippen LogP contribution is -2.27. The zero-order valence-electron chi connectivity index (χ0n) is 16.8. The van der Waals surface area contributed by atoms with E-state index in [1.54, 1.807) is 6.08 Å². The fraction of sp³-hybridized carbons (Fsp3) is 0.200. The Hall–Kier alpha value is -2.85. The van der Waals surface area contributed by atoms with Gasteiger partial charge < -0.3 is 0 Å². The van der Waals surface area contributed by atoms with Gasteiger partial charge in [-0.2, -0.15) is 0 Å². The van der Waals surface area contributed by atoms with Crippen LogP contribution in [-0.2, 0) is 16.8 Å². The van der Waals surface area contributed by atoms with Crippen LogP contribution in [0.3, 0.4) is 0 Å². The van der Waals surface area contributed by atoms with E-state index in [0.717, 1.165) is 33.7 Å². The van der Waals surface area contributed by atoms with E-state index in [1.807, 2.05) is 54.6 Å². The first-order valence-corrected chi connectivity index (χ1v) is 10.5. The van der Waals surface area contributed by atoms with Gasteiger partial charge in [0.2, 0.25) is 0 Å². The maximum atomic E-state index is 12.9. The number of nitrogens with zero attached hydrogens (tertiary/aromatic N) is 1. The maximum absolute atomic E-state index is 12.9. The predicted molar refractivity (Wildman–Crippen MR) is 121 cm³/mol. The number of rotatable bonds is 3. The molecule has 0 unspecified atom stereocenters. The Morgan fingerprint density at radius 3 is 2.31 bits per heavy atom. The number of benzene rings is 3. The van der Waals surface area contributed by atoms with Gasteiger partial charge in [0, 0.05) is 0 Å². The number of carbonyl (C=O) groups is 2. The molecule has 1 heterocycles. The van der Waals surface area contributed by atoms with E-state index in [4.69, 9.17) is 0 Å². The lowest BCUT2D eigenvalue weighted by molar-refractivity contribution is -0.123. The molecular formula is C25H23NO2S. The van der Waals surface area contributed by atoms with Gasteiger partial charge in [-0.3, -0.25) is 14.5 Å². The van der Waals surface area contributed by atoms with E-state index in [9.17, 15) is 9.59 Å². The third-order valence-electron chi connectivity index (χ3n) is 5.16. The Morgan fingerprint density at radius 2 is 1.59 bits per heavy atom. The number of fused-ring (bicyclic) bond motifs is 1. The molecule has 146 valence electrons. The summed E-state index contributed by atoms with van der Waals surface area (Å²) in [4.78, 5) is 27.2. The molecule has 3 aromatic carbocycles. The molecule has 0 radical (unpaired) electrons. The quantitative estimate of drug-likeness (QED) is 0.478. The molecule has 1 saturated heterocycles. The zero-order chi connectivity index (χ0) is 20.6. The third kappa shape index (κ3) is 3.99. The molecular weight excluding hydrogens is 378 g/mol. The van der Waals surface area contributed by atoms with Crippen LogP contribution in [0, 0.1) is 0 Å². The molecule has 1 aliphatic rings. The van der Waals surface area contributed by atoms with Crippen molar-refractivity contribution in [1.29, 1.82) is 0 Å². The molecule has 1 fully saturated rings. The third-order valence-corrected chi connectivity index (χ3v) is 6.06. The van der Waals surface area contributed by atoms with Crippen molar-refractivity contribution in [2.45, 2.75) is 32.7 Å². The summed E-state index contributed by atoms with van der Waals surface area (Å²) in [6, 6.07) is 22.1. The SMILES string of the molecule is CC(C)(C)c1ccc(/C=C2/SC(=O)N(Cc3cccc4ccccc34)C2=O)cc1. The minimum atomic E-state index is -0.229. The molecule has 0 aromatic heterocycles. The lowest BCUT2D eigenvalue weighted by Gasteiger charge is -2.18. The maximum Gasteiger partial charge on any atom is 0.293 e. The molecule has 2 amide bonds. The van der Waals surface area contributed by atoms with Crippen LogP contribution in [0.4, 0.5) is 4.79 Å². The largest absolute Gasteiger partial charge is 0.293 e. The van der Waals surface area contributed by atoms with Crippen molar-refractivity contribution in [3.8, 4) is 0 Å². The fourth-order valence-corrected chi connectivity index (χ4v) is 4.31. The van der Waals surface area contributed by atoms with Gasteiger partial charge in [0.05, 0.1) is 11.4 Å². The Balaban J connectivity index is 1.58. The number of hydrogen-bond acceptors (Lipinski definition) is 3. The summed E-state index contributed by atoms with van der Waals surface area (Å²) in [5.74, 6) is -0.229. The standard InChI is InChI=1S/C25H23NO2S/c1-25(2,3)20-13-11-17(12-14-20)15-22-23(27)26(24(28)29-22)16-19-9-6-8-18-7-4-5-10-21(18)19/h4-15H,16H2,1-3H3/b22-15+. The Bertz CT molecular complexity index is 1120. The van der Waals surface area contributed by atoms with E-state index >= 15 is 0 Å². The summed E-state index contributed by atoms with van der Waals surface area (Å²) >= 11 is 1.01. The zero-order valence-corrected chi connectivity index (χ0v) is 17.6. The number of amides is 2. The molecule has 0 bridgehead atoms.